The Morgan fingerprint density at radius 1 is 1.50 bits per heavy atom. The van der Waals surface area contributed by atoms with Gasteiger partial charge in [0.25, 0.3) is 0 Å². The molecule has 0 saturated carbocycles. The van der Waals surface area contributed by atoms with Crippen LogP contribution in [0.1, 0.15) is 13.8 Å². The van der Waals surface area contributed by atoms with Crippen LogP contribution < -0.4 is 0 Å². The molecule has 1 rings (SSSR count). The van der Waals surface area contributed by atoms with Crippen LogP contribution >= 0.6 is 0 Å². The van der Waals surface area contributed by atoms with Crippen molar-refractivity contribution in [3.8, 4) is 0 Å². The molecule has 1 aliphatic heterocycles. The highest BCUT2D eigenvalue weighted by Gasteiger charge is 2.18. The van der Waals surface area contributed by atoms with Crippen molar-refractivity contribution in [1.29, 1.82) is 0 Å². The first kappa shape index (κ1) is 5.67. The molecule has 1 atom stereocenters. The van der Waals surface area contributed by atoms with Crippen LogP contribution in [0.3, 0.4) is 0 Å². The zero-order chi connectivity index (χ0) is 6.15. The Bertz CT molecular complexity index is 105. The number of hydrogen-bond donors (Lipinski definition) is 0. The predicted octanol–water partition coefficient (Wildman–Crippen LogP) is 1.47. The van der Waals surface area contributed by atoms with Crippen LogP contribution in [-0.2, 0) is 0 Å². The average molecular weight is 111 g/mol. The maximum Gasteiger partial charge on any atom is 0.0503 e. The summed E-state index contributed by atoms with van der Waals surface area (Å²) >= 11 is 0. The zero-order valence-electron chi connectivity index (χ0n) is 5.76. The monoisotopic (exact) mass is 111 g/mol. The van der Waals surface area contributed by atoms with E-state index in [0.717, 1.165) is 5.92 Å². The topological polar surface area (TPSA) is 3.24 Å². The van der Waals surface area contributed by atoms with Crippen LogP contribution in [0.5, 0.6) is 0 Å². The van der Waals surface area contributed by atoms with Gasteiger partial charge in [-0.1, -0.05) is 13.8 Å². The fourth-order valence-electron chi connectivity index (χ4n) is 1.05. The molecule has 0 amide bonds. The summed E-state index contributed by atoms with van der Waals surface area (Å²) in [5.41, 5.74) is 0. The molecule has 8 heavy (non-hydrogen) atoms. The fraction of sp³-hybridized carbons (Fsp3) is 0.714. The van der Waals surface area contributed by atoms with E-state index in [0.29, 0.717) is 6.04 Å². The second-order valence-corrected chi connectivity index (χ2v) is 2.74. The molecule has 0 aromatic carbocycles. The van der Waals surface area contributed by atoms with Crippen molar-refractivity contribution in [2.45, 2.75) is 19.9 Å². The number of likely N-dealkylation sites (N-methyl/N-ethyl adjacent to an activating group) is 1. The third-order valence-corrected chi connectivity index (χ3v) is 1.67. The highest BCUT2D eigenvalue weighted by molar-refractivity contribution is 5.06. The maximum atomic E-state index is 2.24. The Balaban J connectivity index is 2.41. The number of hydrogen-bond acceptors (Lipinski definition) is 1. The zero-order valence-corrected chi connectivity index (χ0v) is 5.76. The largest absolute Gasteiger partial charge is 0.374 e. The molecule has 1 heteroatoms. The third kappa shape index (κ3) is 0.726. The van der Waals surface area contributed by atoms with E-state index >= 15 is 0 Å². The summed E-state index contributed by atoms with van der Waals surface area (Å²) in [5.74, 6) is 0.769. The van der Waals surface area contributed by atoms with Gasteiger partial charge >= 0.3 is 0 Å². The number of rotatable bonds is 1. The summed E-state index contributed by atoms with van der Waals surface area (Å²) in [6.45, 7) is 4.48. The first-order chi connectivity index (χ1) is 3.72. The molecule has 0 aromatic rings. The summed E-state index contributed by atoms with van der Waals surface area (Å²) in [5, 5.41) is 0. The Kier molecular flexibility index (Phi) is 1.28. The van der Waals surface area contributed by atoms with Gasteiger partial charge in [-0.05, 0) is 18.2 Å². The normalized spacial score (nSPS) is 26.5. The second kappa shape index (κ2) is 1.81. The van der Waals surface area contributed by atoms with Gasteiger partial charge in [-0.3, -0.25) is 0 Å². The molecule has 0 aliphatic carbocycles. The molecule has 1 aliphatic rings. The molecule has 0 bridgehead atoms. The molecule has 0 saturated heterocycles. The lowest BCUT2D eigenvalue weighted by Crippen LogP contribution is -2.36. The van der Waals surface area contributed by atoms with Crippen LogP contribution in [0.25, 0.3) is 0 Å². The summed E-state index contributed by atoms with van der Waals surface area (Å²) in [7, 11) is 2.12. The van der Waals surface area contributed by atoms with Crippen molar-refractivity contribution in [1.82, 2.24) is 4.90 Å². The summed E-state index contributed by atoms with van der Waals surface area (Å²) in [4.78, 5) is 2.24. The highest BCUT2D eigenvalue weighted by Crippen LogP contribution is 2.17. The molecule has 46 valence electrons. The van der Waals surface area contributed by atoms with E-state index in [4.69, 9.17) is 0 Å². The van der Waals surface area contributed by atoms with E-state index in [-0.39, 0.29) is 0 Å². The minimum atomic E-state index is 0.704. The molecule has 0 N–H and O–H groups in total. The maximum absolute atomic E-state index is 2.24. The van der Waals surface area contributed by atoms with E-state index in [9.17, 15) is 0 Å². The van der Waals surface area contributed by atoms with E-state index in [2.05, 4.69) is 38.1 Å². The molecular formula is C7H13N. The Hall–Kier alpha value is -0.460. The second-order valence-electron chi connectivity index (χ2n) is 2.74. The molecule has 1 unspecified atom stereocenters. The average Bonchev–Trinajstić information content (AvgIpc) is 1.61. The molecule has 0 spiro atoms. The first-order valence-electron chi connectivity index (χ1n) is 3.12. The summed E-state index contributed by atoms with van der Waals surface area (Å²) in [6.07, 6.45) is 4.36. The van der Waals surface area contributed by atoms with Crippen molar-refractivity contribution >= 4 is 0 Å². The van der Waals surface area contributed by atoms with Gasteiger partial charge in [0.1, 0.15) is 0 Å². The van der Waals surface area contributed by atoms with Gasteiger partial charge in [0.2, 0.25) is 0 Å². The van der Waals surface area contributed by atoms with Crippen LogP contribution in [0.4, 0.5) is 0 Å². The van der Waals surface area contributed by atoms with Crippen LogP contribution in [0.2, 0.25) is 0 Å². The quantitative estimate of drug-likeness (QED) is 0.495. The SMILES string of the molecule is CC(C)C1C=CN1C. The highest BCUT2D eigenvalue weighted by atomic mass is 15.1. The fourth-order valence-corrected chi connectivity index (χ4v) is 1.05. The summed E-state index contributed by atoms with van der Waals surface area (Å²) in [6, 6.07) is 0.704. The Labute approximate surface area is 51.0 Å². The van der Waals surface area contributed by atoms with Gasteiger partial charge in [-0.15, -0.1) is 0 Å². The van der Waals surface area contributed by atoms with E-state index in [1.807, 2.05) is 0 Å². The van der Waals surface area contributed by atoms with Crippen molar-refractivity contribution in [2.75, 3.05) is 7.05 Å². The van der Waals surface area contributed by atoms with Crippen LogP contribution in [0.15, 0.2) is 12.3 Å². The Morgan fingerprint density at radius 2 is 2.12 bits per heavy atom. The van der Waals surface area contributed by atoms with Gasteiger partial charge in [0, 0.05) is 7.05 Å². The van der Waals surface area contributed by atoms with Crippen molar-refractivity contribution < 1.29 is 0 Å². The van der Waals surface area contributed by atoms with Gasteiger partial charge in [0.05, 0.1) is 6.04 Å². The molecule has 1 heterocycles. The van der Waals surface area contributed by atoms with Gasteiger partial charge in [0.15, 0.2) is 0 Å². The predicted molar refractivity (Wildman–Crippen MR) is 35.5 cm³/mol. The van der Waals surface area contributed by atoms with Gasteiger partial charge in [-0.25, -0.2) is 0 Å². The minimum absolute atomic E-state index is 0.704. The van der Waals surface area contributed by atoms with E-state index < -0.39 is 0 Å². The van der Waals surface area contributed by atoms with Gasteiger partial charge in [-0.2, -0.15) is 0 Å². The van der Waals surface area contributed by atoms with Crippen molar-refractivity contribution in [3.63, 3.8) is 0 Å². The van der Waals surface area contributed by atoms with Crippen molar-refractivity contribution in [3.05, 3.63) is 12.3 Å². The van der Waals surface area contributed by atoms with Crippen LogP contribution in [-0.4, -0.2) is 18.0 Å². The molecule has 1 nitrogen and oxygen atoms in total. The lowest BCUT2D eigenvalue weighted by atomic mass is 9.99. The smallest absolute Gasteiger partial charge is 0.0503 e. The number of nitrogens with zero attached hydrogens (tertiary/aromatic N) is 1. The molecular weight excluding hydrogens is 98.1 g/mol. The molecule has 0 aromatic heterocycles. The van der Waals surface area contributed by atoms with Crippen molar-refractivity contribution in [2.24, 2.45) is 5.92 Å². The lowest BCUT2D eigenvalue weighted by Gasteiger charge is -2.34. The van der Waals surface area contributed by atoms with Crippen LogP contribution in [0, 0.1) is 5.92 Å². The molecule has 0 radical (unpaired) electrons. The summed E-state index contributed by atoms with van der Waals surface area (Å²) < 4.78 is 0. The Morgan fingerprint density at radius 3 is 2.12 bits per heavy atom. The third-order valence-electron chi connectivity index (χ3n) is 1.67. The molecule has 0 fully saturated rings. The first-order valence-corrected chi connectivity index (χ1v) is 3.12. The lowest BCUT2D eigenvalue weighted by molar-refractivity contribution is 0.268. The van der Waals surface area contributed by atoms with Gasteiger partial charge < -0.3 is 4.90 Å². The standard InChI is InChI=1S/C7H13N/c1-6(2)7-4-5-8(7)3/h4-7H,1-3H3. The minimum Gasteiger partial charge on any atom is -0.374 e. The van der Waals surface area contributed by atoms with E-state index in [1.54, 1.807) is 0 Å². The van der Waals surface area contributed by atoms with E-state index in [1.165, 1.54) is 0 Å².